The first kappa shape index (κ1) is 83.0. The fourth-order valence-electron chi connectivity index (χ4n) is 12.5. The molecule has 29 heteroatoms. The number of fused-ring (bicyclic) bond motifs is 1. The van der Waals surface area contributed by atoms with E-state index in [9.17, 15) is 61.1 Å². The minimum atomic E-state index is -4.80. The summed E-state index contributed by atoms with van der Waals surface area (Å²) in [5.74, 6) is -10.3. The fraction of sp³-hybridized carbons (Fsp3) is 0.597. The van der Waals surface area contributed by atoms with Crippen molar-refractivity contribution in [3.63, 3.8) is 0 Å². The number of benzene rings is 2. The van der Waals surface area contributed by atoms with Crippen LogP contribution in [0.4, 0.5) is 13.2 Å². The molecule has 2 aliphatic rings. The molecule has 3 N–H and O–H groups in total. The molecule has 2 fully saturated rings. The lowest BCUT2D eigenvalue weighted by Gasteiger charge is -2.45. The van der Waals surface area contributed by atoms with Crippen LogP contribution in [0, 0.1) is 24.7 Å². The van der Waals surface area contributed by atoms with Gasteiger partial charge in [-0.3, -0.25) is 62.5 Å². The lowest BCUT2D eigenvalue weighted by atomic mass is 9.94. The van der Waals surface area contributed by atoms with Crippen LogP contribution in [-0.2, 0) is 83.0 Å². The quantitative estimate of drug-likeness (QED) is 0.199. The van der Waals surface area contributed by atoms with E-state index in [0.29, 0.717) is 24.0 Å². The smallest absolute Gasteiger partial charge is 0.347 e. The maximum absolute atomic E-state index is 15.3. The molecular weight excluding hydrogens is 1330 g/mol. The van der Waals surface area contributed by atoms with Crippen molar-refractivity contribution in [3.8, 4) is 0 Å². The second-order valence-electron chi connectivity index (χ2n) is 27.7. The van der Waals surface area contributed by atoms with E-state index in [1.807, 2.05) is 39.8 Å². The highest BCUT2D eigenvalue weighted by atomic mass is 35.5. The molecule has 12 atom stereocenters. The van der Waals surface area contributed by atoms with Gasteiger partial charge in [0, 0.05) is 95.2 Å². The number of rotatable bonds is 14. The van der Waals surface area contributed by atoms with Gasteiger partial charge in [0.1, 0.15) is 60.4 Å². The summed E-state index contributed by atoms with van der Waals surface area (Å²) in [6.45, 7) is 14.8. The monoisotopic (exact) mass is 1430 g/mol. The number of aromatic nitrogens is 1. The van der Waals surface area contributed by atoms with Crippen molar-refractivity contribution in [2.75, 3.05) is 76.5 Å². The summed E-state index contributed by atoms with van der Waals surface area (Å²) in [5.41, 5.74) is 1.10. The molecular formula is C72H103ClF3N13O12. The molecule has 0 spiro atoms. The normalized spacial score (nSPS) is 24.8. The van der Waals surface area contributed by atoms with Gasteiger partial charge in [-0.25, -0.2) is 0 Å². The van der Waals surface area contributed by atoms with Crippen LogP contribution in [0.15, 0.2) is 67.0 Å². The van der Waals surface area contributed by atoms with Crippen molar-refractivity contribution in [2.24, 2.45) is 17.8 Å². The Labute approximate surface area is 596 Å². The van der Waals surface area contributed by atoms with Crippen LogP contribution in [-0.4, -0.2) is 257 Å². The van der Waals surface area contributed by atoms with Crippen molar-refractivity contribution in [3.05, 3.63) is 99.8 Å². The lowest BCUT2D eigenvalue weighted by molar-refractivity contribution is -0.160. The molecule has 2 aromatic carbocycles. The average molecular weight is 1440 g/mol. The number of carbonyl (C=O) groups is 12. The highest BCUT2D eigenvalue weighted by Crippen LogP contribution is 2.35. The van der Waals surface area contributed by atoms with Crippen LogP contribution in [0.1, 0.15) is 122 Å². The molecule has 2 aliphatic heterocycles. The highest BCUT2D eigenvalue weighted by Gasteiger charge is 2.47. The molecule has 5 rings (SSSR count). The molecule has 3 aromatic rings. The SMILES string of the molecule is CC[C@H](C)[C@@H]1NC(=O)[C@H](CC(C)C)N(C)C(=O)C[C@@H](C(=O)N(C)C)N(C)C(=O)[C@H]([C@@H](C)CC)N(C)C(=O)[C@H](C)NC(=O)[C@H](Cc2cccnc2)N(C)C(=O)[C@H](CCc2ccc(C(F)(F)F)c(Cl)c2)NC(=O)CN(C)C(=O)[C@H](Cc2ccc(C)cc2)N(C)C(=O)[C@@H]2CCN2C(=O)[C@H](C)N(C)C1=O. The van der Waals surface area contributed by atoms with Crippen LogP contribution < -0.4 is 16.0 Å². The van der Waals surface area contributed by atoms with Gasteiger partial charge >= 0.3 is 6.18 Å². The summed E-state index contributed by atoms with van der Waals surface area (Å²) in [6, 6.07) is 0.0471. The van der Waals surface area contributed by atoms with Crippen LogP contribution in [0.5, 0.6) is 0 Å². The van der Waals surface area contributed by atoms with Gasteiger partial charge in [0.15, 0.2) is 0 Å². The van der Waals surface area contributed by atoms with Gasteiger partial charge in [0.05, 0.1) is 23.6 Å². The number of nitrogens with one attached hydrogen (secondary N) is 3. The van der Waals surface area contributed by atoms with Crippen molar-refractivity contribution in [1.29, 1.82) is 0 Å². The molecule has 12 amide bonds. The van der Waals surface area contributed by atoms with Crippen molar-refractivity contribution in [1.82, 2.24) is 65.0 Å². The summed E-state index contributed by atoms with van der Waals surface area (Å²) >= 11 is 6.15. The third kappa shape index (κ3) is 21.0. The Morgan fingerprint density at radius 1 is 0.653 bits per heavy atom. The van der Waals surface area contributed by atoms with Crippen molar-refractivity contribution in [2.45, 2.75) is 187 Å². The Morgan fingerprint density at radius 3 is 1.79 bits per heavy atom. The first-order valence-corrected chi connectivity index (χ1v) is 34.6. The number of alkyl halides is 3. The lowest BCUT2D eigenvalue weighted by Crippen LogP contribution is -2.65. The summed E-state index contributed by atoms with van der Waals surface area (Å²) < 4.78 is 41.7. The van der Waals surface area contributed by atoms with E-state index in [1.54, 1.807) is 45.0 Å². The molecule has 25 nitrogen and oxygen atoms in total. The molecule has 0 bridgehead atoms. The van der Waals surface area contributed by atoms with Gasteiger partial charge in [-0.1, -0.05) is 108 Å². The Hall–Kier alpha value is -8.69. The molecule has 0 radical (unpaired) electrons. The van der Waals surface area contributed by atoms with Crippen LogP contribution in [0.2, 0.25) is 5.02 Å². The third-order valence-corrected chi connectivity index (χ3v) is 20.0. The number of nitrogens with zero attached hydrogens (tertiary/aromatic N) is 10. The summed E-state index contributed by atoms with van der Waals surface area (Å²) in [5, 5.41) is 7.66. The minimum absolute atomic E-state index is 0.0701. The van der Waals surface area contributed by atoms with Gasteiger partial charge in [-0.2, -0.15) is 13.2 Å². The van der Waals surface area contributed by atoms with E-state index in [0.717, 1.165) is 37.3 Å². The Balaban J connectivity index is 1.67. The molecule has 1 aromatic heterocycles. The average Bonchev–Trinajstić information content (AvgIpc) is 0.783. The van der Waals surface area contributed by atoms with Crippen LogP contribution in [0.3, 0.4) is 0 Å². The van der Waals surface area contributed by atoms with Gasteiger partial charge in [0.25, 0.3) is 0 Å². The fourth-order valence-corrected chi connectivity index (χ4v) is 12.8. The molecule has 3 heterocycles. The summed E-state index contributed by atoms with van der Waals surface area (Å²) in [6.07, 6.45) is -2.31. The predicted molar refractivity (Wildman–Crippen MR) is 374 cm³/mol. The van der Waals surface area contributed by atoms with E-state index >= 15 is 9.59 Å². The Bertz CT molecular complexity index is 3470. The molecule has 556 valence electrons. The number of likely N-dealkylation sites (N-methyl/N-ethyl adjacent to an activating group) is 8. The third-order valence-electron chi connectivity index (χ3n) is 19.7. The van der Waals surface area contributed by atoms with E-state index in [2.05, 4.69) is 20.9 Å². The van der Waals surface area contributed by atoms with Crippen molar-refractivity contribution < 1.29 is 70.7 Å². The first-order chi connectivity index (χ1) is 47.2. The van der Waals surface area contributed by atoms with Crippen molar-refractivity contribution >= 4 is 82.5 Å². The number of carbonyl (C=O) groups excluding carboxylic acids is 12. The highest BCUT2D eigenvalue weighted by molar-refractivity contribution is 6.31. The number of amides is 12. The number of pyridine rings is 1. The molecule has 0 aliphatic carbocycles. The van der Waals surface area contributed by atoms with Gasteiger partial charge < -0.3 is 60.0 Å². The van der Waals surface area contributed by atoms with Gasteiger partial charge in [-0.05, 0) is 99.1 Å². The number of aryl methyl sites for hydroxylation is 2. The molecule has 0 unspecified atom stereocenters. The Morgan fingerprint density at radius 2 is 1.25 bits per heavy atom. The van der Waals surface area contributed by atoms with Crippen LogP contribution >= 0.6 is 11.6 Å². The predicted octanol–water partition coefficient (Wildman–Crippen LogP) is 4.63. The zero-order valence-electron chi connectivity index (χ0n) is 61.5. The topological polar surface area (TPSA) is 283 Å². The zero-order chi connectivity index (χ0) is 76.0. The largest absolute Gasteiger partial charge is 0.417 e. The van der Waals surface area contributed by atoms with Gasteiger partial charge in [0.2, 0.25) is 70.9 Å². The number of hydrogen-bond acceptors (Lipinski definition) is 13. The molecule has 0 saturated carbocycles. The number of halogens is 4. The van der Waals surface area contributed by atoms with E-state index in [4.69, 9.17) is 11.6 Å². The van der Waals surface area contributed by atoms with E-state index in [1.165, 1.54) is 120 Å². The van der Waals surface area contributed by atoms with Gasteiger partial charge in [-0.15, -0.1) is 0 Å². The molecule has 2 saturated heterocycles. The maximum Gasteiger partial charge on any atom is 0.417 e. The standard InChI is InChI=1S/C72H103ClF3N13O12/c1-19-43(6)60-70(100)83(13)46(9)65(95)89-33-31-53(89)69(99)86(16)56(36-48-25-23-42(5)24-26-48)68(98)82(12)40-58(90)79-52(30-28-47-27-29-50(51(73)35-47)72(74,75)76)66(96)85(15)55(37-49-22-21-32-77-39-49)62(92)78-45(8)64(94)88(18)61(44(7)20-2)71(101)87(17)57(67(97)81(10)11)38-59(91)84(14)54(34-41(3)4)63(93)80-60/h21-27,29,32,35,39,41,43-46,52-57,60-61H,19-20,28,30-31,33-34,36-38,40H2,1-18H3,(H,78,92)(H,79,90)(H,80,93)/t43-,44-,45-,46-,52-,53-,54-,55-,56-,57-,60-,61-/m0/s1. The zero-order valence-corrected chi connectivity index (χ0v) is 62.3. The number of hydrogen-bond donors (Lipinski definition) is 3. The van der Waals surface area contributed by atoms with E-state index < -0.39 is 173 Å². The summed E-state index contributed by atoms with van der Waals surface area (Å²) in [7, 11) is 12.3. The Kier molecular flexibility index (Phi) is 29.8. The second kappa shape index (κ2) is 36.3. The maximum atomic E-state index is 15.3. The van der Waals surface area contributed by atoms with Crippen LogP contribution in [0.25, 0.3) is 0 Å². The minimum Gasteiger partial charge on any atom is -0.347 e. The van der Waals surface area contributed by atoms with E-state index in [-0.39, 0.29) is 56.6 Å². The second-order valence-corrected chi connectivity index (χ2v) is 28.2. The molecule has 101 heavy (non-hydrogen) atoms. The first-order valence-electron chi connectivity index (χ1n) is 34.2. The summed E-state index contributed by atoms with van der Waals surface area (Å²) in [4.78, 5) is 193.